The molecule has 0 aliphatic rings. The summed E-state index contributed by atoms with van der Waals surface area (Å²) in [5.41, 5.74) is -1.00. The van der Waals surface area contributed by atoms with Crippen molar-refractivity contribution in [2.45, 2.75) is 32.6 Å². The molecule has 1 amide bonds. The van der Waals surface area contributed by atoms with Crippen LogP contribution in [-0.2, 0) is 9.53 Å². The number of nitriles is 1. The van der Waals surface area contributed by atoms with Crippen molar-refractivity contribution in [2.75, 3.05) is 18.8 Å². The maximum Gasteiger partial charge on any atom is 0.515 e. The predicted octanol–water partition coefficient (Wildman–Crippen LogP) is 5.43. The summed E-state index contributed by atoms with van der Waals surface area (Å²) in [6, 6.07) is 12.9. The normalized spacial score (nSPS) is 11.8. The number of rotatable bonds is 11. The summed E-state index contributed by atoms with van der Waals surface area (Å²) in [5, 5.41) is 31.3. The highest BCUT2D eigenvalue weighted by Crippen LogP contribution is 2.39. The van der Waals surface area contributed by atoms with Crippen molar-refractivity contribution in [1.82, 2.24) is 4.90 Å². The van der Waals surface area contributed by atoms with E-state index in [1.54, 1.807) is 44.2 Å². The van der Waals surface area contributed by atoms with Crippen molar-refractivity contribution in [3.05, 3.63) is 69.3 Å². The van der Waals surface area contributed by atoms with E-state index in [0.29, 0.717) is 24.4 Å². The van der Waals surface area contributed by atoms with Gasteiger partial charge in [-0.2, -0.15) is 5.26 Å². The molecule has 36 heavy (non-hydrogen) atoms. The first kappa shape index (κ1) is 28.2. The number of phenolic OH excluding ortho intramolecular Hbond substituents is 1. The summed E-state index contributed by atoms with van der Waals surface area (Å²) in [4.78, 5) is 37.2. The molecule has 0 spiro atoms. The van der Waals surface area contributed by atoms with Crippen molar-refractivity contribution in [2.24, 2.45) is 0 Å². The molecule has 1 unspecified atom stereocenters. The largest absolute Gasteiger partial charge is 0.515 e. The minimum absolute atomic E-state index is 0.0133. The van der Waals surface area contributed by atoms with Crippen LogP contribution in [-0.4, -0.2) is 45.8 Å². The van der Waals surface area contributed by atoms with Gasteiger partial charge in [0.05, 0.1) is 4.92 Å². The third-order valence-corrected chi connectivity index (χ3v) is 6.24. The molecule has 1 atom stereocenters. The number of amides is 1. The van der Waals surface area contributed by atoms with Crippen LogP contribution in [0.25, 0.3) is 6.08 Å². The van der Waals surface area contributed by atoms with Crippen molar-refractivity contribution in [3.63, 3.8) is 0 Å². The monoisotopic (exact) mass is 513 g/mol. The Labute approximate surface area is 213 Å². The highest BCUT2D eigenvalue weighted by atomic mass is 32.2. The fourth-order valence-electron chi connectivity index (χ4n) is 3.14. The standard InChI is InChI=1S/C25H27N3O7S/c1-4-12-36-24(18-10-8-7-9-11-18)35-25(31)34-21-15-17(14-20(22(21)29)28(32)33)13-19(16-26)23(30)27(5-2)6-3/h7-11,13-15,24,29H,4-6,12H2,1-3H3/b19-13+. The van der Waals surface area contributed by atoms with Gasteiger partial charge in [-0.05, 0) is 43.7 Å². The maximum atomic E-state index is 12.6. The lowest BCUT2D eigenvalue weighted by atomic mass is 10.1. The average molecular weight is 514 g/mol. The first-order valence-corrected chi connectivity index (χ1v) is 12.3. The Balaban J connectivity index is 2.39. The highest BCUT2D eigenvalue weighted by molar-refractivity contribution is 7.99. The second-order valence-corrected chi connectivity index (χ2v) is 8.54. The molecule has 0 fully saturated rings. The Hall–Kier alpha value is -4.04. The third-order valence-electron chi connectivity index (χ3n) is 4.93. The van der Waals surface area contributed by atoms with Gasteiger partial charge in [-0.25, -0.2) is 4.79 Å². The number of likely N-dealkylation sites (N-methyl/N-ethyl adjacent to an activating group) is 1. The van der Waals surface area contributed by atoms with E-state index in [1.165, 1.54) is 16.7 Å². The number of nitro benzene ring substituents is 1. The van der Waals surface area contributed by atoms with Crippen LogP contribution in [0.1, 0.15) is 43.8 Å². The van der Waals surface area contributed by atoms with Crippen LogP contribution in [0.15, 0.2) is 48.0 Å². The topological polar surface area (TPSA) is 143 Å². The number of ether oxygens (including phenoxy) is 2. The minimum Gasteiger partial charge on any atom is -0.499 e. The smallest absolute Gasteiger partial charge is 0.499 e. The minimum atomic E-state index is -1.18. The second-order valence-electron chi connectivity index (χ2n) is 7.37. The van der Waals surface area contributed by atoms with Crippen molar-refractivity contribution >= 4 is 35.6 Å². The number of phenols is 1. The number of aromatic hydroxyl groups is 1. The molecule has 0 radical (unpaired) electrons. The molecule has 0 saturated carbocycles. The van der Waals surface area contributed by atoms with Crippen LogP contribution in [0.2, 0.25) is 0 Å². The molecule has 10 nitrogen and oxygen atoms in total. The van der Waals surface area contributed by atoms with Crippen molar-refractivity contribution < 1.29 is 29.1 Å². The van der Waals surface area contributed by atoms with E-state index < -0.39 is 39.6 Å². The van der Waals surface area contributed by atoms with Crippen LogP contribution in [0.3, 0.4) is 0 Å². The molecule has 0 aliphatic heterocycles. The van der Waals surface area contributed by atoms with Gasteiger partial charge in [0.2, 0.25) is 5.75 Å². The lowest BCUT2D eigenvalue weighted by molar-refractivity contribution is -0.385. The molecule has 190 valence electrons. The SMILES string of the molecule is CCCSC(OC(=O)Oc1cc(/C=C(\C#N)C(=O)N(CC)CC)cc([N+](=O)[O-])c1O)c1ccccc1. The van der Waals surface area contributed by atoms with Crippen molar-refractivity contribution in [1.29, 1.82) is 5.26 Å². The Morgan fingerprint density at radius 1 is 1.22 bits per heavy atom. The molecular formula is C25H27N3O7S. The molecule has 0 aromatic heterocycles. The Morgan fingerprint density at radius 3 is 2.44 bits per heavy atom. The van der Waals surface area contributed by atoms with E-state index in [0.717, 1.165) is 24.6 Å². The molecule has 11 heteroatoms. The molecule has 2 aromatic rings. The zero-order valence-electron chi connectivity index (χ0n) is 20.2. The van der Waals surface area contributed by atoms with Gasteiger partial charge < -0.3 is 19.5 Å². The fraction of sp³-hybridized carbons (Fsp3) is 0.320. The van der Waals surface area contributed by atoms with E-state index in [4.69, 9.17) is 9.47 Å². The fourth-order valence-corrected chi connectivity index (χ4v) is 4.08. The summed E-state index contributed by atoms with van der Waals surface area (Å²) < 4.78 is 10.6. The number of carbonyl (C=O) groups is 2. The number of thioether (sulfide) groups is 1. The summed E-state index contributed by atoms with van der Waals surface area (Å²) in [5.74, 6) is -1.29. The Kier molecular flexibility index (Phi) is 10.8. The Bertz CT molecular complexity index is 1160. The van der Waals surface area contributed by atoms with Crippen LogP contribution in [0.5, 0.6) is 11.5 Å². The van der Waals surface area contributed by atoms with Gasteiger partial charge in [0.1, 0.15) is 11.6 Å². The average Bonchev–Trinajstić information content (AvgIpc) is 2.87. The van der Waals surface area contributed by atoms with E-state index in [-0.39, 0.29) is 11.1 Å². The first-order valence-electron chi connectivity index (χ1n) is 11.2. The molecule has 0 aliphatic carbocycles. The quantitative estimate of drug-likeness (QED) is 0.0790. The molecule has 0 bridgehead atoms. The van der Waals surface area contributed by atoms with E-state index in [9.17, 15) is 30.1 Å². The highest BCUT2D eigenvalue weighted by Gasteiger charge is 2.25. The van der Waals surface area contributed by atoms with Gasteiger partial charge in [0.15, 0.2) is 11.2 Å². The Morgan fingerprint density at radius 2 is 1.89 bits per heavy atom. The number of nitro groups is 1. The molecule has 2 aromatic carbocycles. The van der Waals surface area contributed by atoms with Gasteiger partial charge in [0.25, 0.3) is 5.91 Å². The zero-order valence-corrected chi connectivity index (χ0v) is 21.0. The van der Waals surface area contributed by atoms with E-state index >= 15 is 0 Å². The maximum absolute atomic E-state index is 12.6. The first-order chi connectivity index (χ1) is 17.2. The van der Waals surface area contributed by atoms with Crippen LogP contribution in [0.4, 0.5) is 10.5 Å². The molecule has 2 rings (SSSR count). The lowest BCUT2D eigenvalue weighted by Crippen LogP contribution is -2.31. The van der Waals surface area contributed by atoms with E-state index in [1.807, 2.05) is 13.0 Å². The van der Waals surface area contributed by atoms with Crippen LogP contribution >= 0.6 is 11.8 Å². The predicted molar refractivity (Wildman–Crippen MR) is 135 cm³/mol. The summed E-state index contributed by atoms with van der Waals surface area (Å²) in [6.07, 6.45) is 0.786. The second kappa shape index (κ2) is 13.7. The number of nitrogens with zero attached hydrogens (tertiary/aromatic N) is 3. The van der Waals surface area contributed by atoms with Crippen molar-refractivity contribution in [3.8, 4) is 17.6 Å². The van der Waals surface area contributed by atoms with Crippen LogP contribution < -0.4 is 4.74 Å². The number of benzene rings is 2. The van der Waals surface area contributed by atoms with Gasteiger partial charge in [-0.1, -0.05) is 37.3 Å². The summed E-state index contributed by atoms with van der Waals surface area (Å²) in [7, 11) is 0. The molecule has 0 heterocycles. The van der Waals surface area contributed by atoms with Gasteiger partial charge in [-0.15, -0.1) is 11.8 Å². The van der Waals surface area contributed by atoms with Crippen LogP contribution in [0, 0.1) is 21.4 Å². The number of carbonyl (C=O) groups excluding carboxylic acids is 2. The summed E-state index contributed by atoms with van der Waals surface area (Å²) >= 11 is 1.37. The number of hydrogen-bond donors (Lipinski definition) is 1. The zero-order chi connectivity index (χ0) is 26.7. The third kappa shape index (κ3) is 7.48. The molecular weight excluding hydrogens is 486 g/mol. The van der Waals surface area contributed by atoms with Gasteiger partial charge in [0, 0.05) is 24.7 Å². The lowest BCUT2D eigenvalue weighted by Gasteiger charge is -2.18. The van der Waals surface area contributed by atoms with E-state index in [2.05, 4.69) is 0 Å². The molecule has 0 saturated heterocycles. The number of hydrogen-bond acceptors (Lipinski definition) is 9. The molecule has 1 N–H and O–H groups in total. The summed E-state index contributed by atoms with van der Waals surface area (Å²) in [6.45, 7) is 6.21. The van der Waals surface area contributed by atoms with Gasteiger partial charge in [-0.3, -0.25) is 14.9 Å². The van der Waals surface area contributed by atoms with Gasteiger partial charge >= 0.3 is 11.8 Å².